The third kappa shape index (κ3) is 4.65. The van der Waals surface area contributed by atoms with Crippen LogP contribution in [0.15, 0.2) is 48.8 Å². The van der Waals surface area contributed by atoms with Crippen LogP contribution < -0.4 is 10.4 Å². The summed E-state index contributed by atoms with van der Waals surface area (Å²) in [7, 11) is 0. The first-order valence-corrected chi connectivity index (χ1v) is 11.7. The normalized spacial score (nSPS) is 15.2. The lowest BCUT2D eigenvalue weighted by atomic mass is 9.89. The zero-order chi connectivity index (χ0) is 22.6. The summed E-state index contributed by atoms with van der Waals surface area (Å²) < 4.78 is 1.78. The van der Waals surface area contributed by atoms with Gasteiger partial charge in [0.15, 0.2) is 0 Å². The van der Waals surface area contributed by atoms with Gasteiger partial charge in [-0.05, 0) is 48.9 Å². The van der Waals surface area contributed by atoms with Gasteiger partial charge in [-0.2, -0.15) is 5.10 Å². The molecular weight excluding hydrogens is 414 g/mol. The van der Waals surface area contributed by atoms with E-state index in [-0.39, 0.29) is 5.91 Å². The molecule has 1 amide bonds. The van der Waals surface area contributed by atoms with Crippen molar-refractivity contribution in [3.63, 3.8) is 0 Å². The van der Waals surface area contributed by atoms with Crippen molar-refractivity contribution < 1.29 is 4.79 Å². The molecule has 2 aromatic heterocycles. The molecule has 5 rings (SSSR count). The largest absolute Gasteiger partial charge is 0.339 e. The number of aromatic nitrogens is 4. The summed E-state index contributed by atoms with van der Waals surface area (Å²) in [5.74, 6) is 0.931. The number of hydrogen-bond acceptors (Lipinski definition) is 6. The highest BCUT2D eigenvalue weighted by Crippen LogP contribution is 2.30. The van der Waals surface area contributed by atoms with E-state index in [9.17, 15) is 4.79 Å². The molecule has 1 aromatic carbocycles. The summed E-state index contributed by atoms with van der Waals surface area (Å²) in [6.07, 6.45) is 7.58. The average molecular weight is 444 g/mol. The van der Waals surface area contributed by atoms with Gasteiger partial charge in [0.05, 0.1) is 5.69 Å². The Morgan fingerprint density at radius 3 is 2.52 bits per heavy atom. The van der Waals surface area contributed by atoms with Crippen LogP contribution in [0.1, 0.15) is 30.4 Å². The van der Waals surface area contributed by atoms with Crippen molar-refractivity contribution >= 4 is 11.9 Å². The molecule has 8 heteroatoms. The van der Waals surface area contributed by atoms with Crippen molar-refractivity contribution in [2.75, 3.05) is 31.1 Å². The highest BCUT2D eigenvalue weighted by Gasteiger charge is 2.22. The Labute approximate surface area is 193 Å². The van der Waals surface area contributed by atoms with Crippen LogP contribution in [0.4, 0.5) is 5.95 Å². The maximum absolute atomic E-state index is 12.7. The molecule has 0 bridgehead atoms. The molecular formula is C25H29N7O. The summed E-state index contributed by atoms with van der Waals surface area (Å²) in [4.78, 5) is 25.3. The van der Waals surface area contributed by atoms with Gasteiger partial charge in [0.25, 0.3) is 0 Å². The van der Waals surface area contributed by atoms with Gasteiger partial charge in [-0.3, -0.25) is 10.2 Å². The summed E-state index contributed by atoms with van der Waals surface area (Å²) in [6.45, 7) is 3.58. The Morgan fingerprint density at radius 1 is 0.939 bits per heavy atom. The molecule has 0 unspecified atom stereocenters. The summed E-state index contributed by atoms with van der Waals surface area (Å²) >= 11 is 0. The van der Waals surface area contributed by atoms with Crippen LogP contribution in [0.5, 0.6) is 0 Å². The van der Waals surface area contributed by atoms with E-state index in [0.717, 1.165) is 56.0 Å². The number of amides is 1. The lowest BCUT2D eigenvalue weighted by Crippen LogP contribution is -2.49. The molecule has 1 saturated heterocycles. The van der Waals surface area contributed by atoms with Crippen molar-refractivity contribution in [2.24, 2.45) is 0 Å². The third-order valence-corrected chi connectivity index (χ3v) is 6.53. The van der Waals surface area contributed by atoms with Crippen LogP contribution in [-0.2, 0) is 24.2 Å². The molecule has 2 aliphatic rings. The Morgan fingerprint density at radius 2 is 1.70 bits per heavy atom. The van der Waals surface area contributed by atoms with E-state index >= 15 is 0 Å². The first-order valence-electron chi connectivity index (χ1n) is 11.7. The molecule has 1 aliphatic heterocycles. The van der Waals surface area contributed by atoms with E-state index in [2.05, 4.69) is 33.1 Å². The second-order valence-corrected chi connectivity index (χ2v) is 8.66. The van der Waals surface area contributed by atoms with Crippen molar-refractivity contribution in [3.05, 3.63) is 65.4 Å². The zero-order valence-corrected chi connectivity index (χ0v) is 18.8. The maximum atomic E-state index is 12.7. The van der Waals surface area contributed by atoms with E-state index in [0.29, 0.717) is 31.5 Å². The van der Waals surface area contributed by atoms with Crippen molar-refractivity contribution in [1.82, 2.24) is 24.6 Å². The molecule has 1 aliphatic carbocycles. The Hall–Kier alpha value is -3.55. The van der Waals surface area contributed by atoms with Gasteiger partial charge in [0, 0.05) is 57.1 Å². The molecule has 0 radical (unpaired) electrons. The Kier molecular flexibility index (Phi) is 6.15. The maximum Gasteiger partial charge on any atom is 0.225 e. The van der Waals surface area contributed by atoms with Gasteiger partial charge in [-0.25, -0.2) is 14.6 Å². The number of carbonyl (C=O) groups excluding carboxylic acids is 1. The monoisotopic (exact) mass is 443 g/mol. The molecule has 0 saturated carbocycles. The number of benzene rings is 1. The number of hydrogen-bond donors (Lipinski definition) is 1. The summed E-state index contributed by atoms with van der Waals surface area (Å²) in [5.41, 5.74) is 5.11. The molecule has 3 aromatic rings. The van der Waals surface area contributed by atoms with Gasteiger partial charge in [0.1, 0.15) is 5.49 Å². The standard InChI is InChI=1S/C25H29N7O/c26-22-18-20-10-9-19-6-1-2-7-21(19)24(20)29-32(22)13-4-3-8-23(33)30-14-16-31(17-15-30)25-27-11-5-12-28-25/h1-2,5-7,11-12,18,26H,3-4,8-10,13-17H2. The number of carbonyl (C=O) groups is 1. The highest BCUT2D eigenvalue weighted by atomic mass is 16.2. The van der Waals surface area contributed by atoms with Crippen LogP contribution >= 0.6 is 0 Å². The van der Waals surface area contributed by atoms with Crippen LogP contribution in [0.25, 0.3) is 11.3 Å². The average Bonchev–Trinajstić information content (AvgIpc) is 2.87. The number of nitrogens with one attached hydrogen (secondary N) is 1. The Bertz CT molecular complexity index is 1180. The SMILES string of the molecule is N=c1cc2c(nn1CCCCC(=O)N1CCN(c3ncccn3)CC1)-c1ccccc1CC2. The number of anilines is 1. The topological polar surface area (TPSA) is 91.0 Å². The molecule has 0 spiro atoms. The first kappa shape index (κ1) is 21.3. The lowest BCUT2D eigenvalue weighted by Gasteiger charge is -2.34. The fourth-order valence-electron chi connectivity index (χ4n) is 4.68. The molecule has 0 atom stereocenters. The minimum Gasteiger partial charge on any atom is -0.339 e. The number of nitrogens with zero attached hydrogens (tertiary/aromatic N) is 6. The van der Waals surface area contributed by atoms with Gasteiger partial charge < -0.3 is 9.80 Å². The molecule has 1 fully saturated rings. The molecule has 33 heavy (non-hydrogen) atoms. The number of aryl methyl sites for hydroxylation is 3. The number of unbranched alkanes of at least 4 members (excludes halogenated alkanes) is 1. The van der Waals surface area contributed by atoms with Gasteiger partial charge in [-0.15, -0.1) is 0 Å². The smallest absolute Gasteiger partial charge is 0.225 e. The Balaban J connectivity index is 1.12. The van der Waals surface area contributed by atoms with E-state index < -0.39 is 0 Å². The van der Waals surface area contributed by atoms with Crippen LogP contribution in [0, 0.1) is 5.41 Å². The number of fused-ring (bicyclic) bond motifs is 3. The fraction of sp³-hybridized carbons (Fsp3) is 0.400. The van der Waals surface area contributed by atoms with Crippen molar-refractivity contribution in [3.8, 4) is 11.3 Å². The number of rotatable bonds is 6. The van der Waals surface area contributed by atoms with Crippen molar-refractivity contribution in [1.29, 1.82) is 5.41 Å². The van der Waals surface area contributed by atoms with Gasteiger partial charge in [-0.1, -0.05) is 24.3 Å². The van der Waals surface area contributed by atoms with Crippen LogP contribution in [0.2, 0.25) is 0 Å². The van der Waals surface area contributed by atoms with Crippen LogP contribution in [-0.4, -0.2) is 56.7 Å². The zero-order valence-electron chi connectivity index (χ0n) is 18.8. The molecule has 170 valence electrons. The lowest BCUT2D eigenvalue weighted by molar-refractivity contribution is -0.131. The predicted octanol–water partition coefficient (Wildman–Crippen LogP) is 2.44. The molecule has 8 nitrogen and oxygen atoms in total. The van der Waals surface area contributed by atoms with Crippen LogP contribution in [0.3, 0.4) is 0 Å². The third-order valence-electron chi connectivity index (χ3n) is 6.53. The second-order valence-electron chi connectivity index (χ2n) is 8.66. The minimum absolute atomic E-state index is 0.201. The molecule has 1 N–H and O–H groups in total. The van der Waals surface area contributed by atoms with E-state index in [1.165, 1.54) is 11.1 Å². The van der Waals surface area contributed by atoms with Crippen molar-refractivity contribution in [2.45, 2.75) is 38.6 Å². The fourth-order valence-corrected chi connectivity index (χ4v) is 4.68. The summed E-state index contributed by atoms with van der Waals surface area (Å²) in [6, 6.07) is 12.2. The summed E-state index contributed by atoms with van der Waals surface area (Å²) in [5, 5.41) is 13.2. The first-order chi connectivity index (χ1) is 16.2. The van der Waals surface area contributed by atoms with Gasteiger partial charge >= 0.3 is 0 Å². The van der Waals surface area contributed by atoms with E-state index in [4.69, 9.17) is 10.5 Å². The minimum atomic E-state index is 0.201. The van der Waals surface area contributed by atoms with Gasteiger partial charge in [0.2, 0.25) is 11.9 Å². The van der Waals surface area contributed by atoms with E-state index in [1.807, 2.05) is 23.1 Å². The second kappa shape index (κ2) is 9.52. The van der Waals surface area contributed by atoms with E-state index in [1.54, 1.807) is 17.1 Å². The predicted molar refractivity (Wildman–Crippen MR) is 126 cm³/mol. The molecule has 3 heterocycles. The quantitative estimate of drug-likeness (QED) is 0.591. The number of piperazine rings is 1. The highest BCUT2D eigenvalue weighted by molar-refractivity contribution is 5.76.